The molecule has 0 spiro atoms. The van der Waals surface area contributed by atoms with Gasteiger partial charge in [0.05, 0.1) is 30.2 Å². The highest BCUT2D eigenvalue weighted by atomic mass is 16.2. The fourth-order valence-corrected chi connectivity index (χ4v) is 3.95. The van der Waals surface area contributed by atoms with Gasteiger partial charge in [0.25, 0.3) is 5.56 Å². The van der Waals surface area contributed by atoms with Crippen LogP contribution in [-0.4, -0.2) is 18.7 Å². The number of benzene rings is 3. The minimum absolute atomic E-state index is 0.149. The van der Waals surface area contributed by atoms with Gasteiger partial charge in [0, 0.05) is 6.54 Å². The molecule has 2 aromatic heterocycles. The first kappa shape index (κ1) is 20.2. The summed E-state index contributed by atoms with van der Waals surface area (Å²) >= 11 is 0. The summed E-state index contributed by atoms with van der Waals surface area (Å²) in [7, 11) is 0. The second kappa shape index (κ2) is 8.44. The van der Waals surface area contributed by atoms with Crippen molar-refractivity contribution in [2.45, 2.75) is 13.1 Å². The number of hydrogen-bond acceptors (Lipinski definition) is 4. The maximum absolute atomic E-state index is 13.6. The smallest absolute Gasteiger partial charge is 0.320 e. The number of rotatable bonds is 5. The highest BCUT2D eigenvalue weighted by Gasteiger charge is 2.19. The van der Waals surface area contributed by atoms with Gasteiger partial charge in [0.2, 0.25) is 0 Å². The van der Waals surface area contributed by atoms with Crippen LogP contribution < -0.4 is 11.2 Å². The molecule has 0 unspecified atom stereocenters. The molecule has 0 bridgehead atoms. The number of fused-ring (bicyclic) bond motifs is 1. The van der Waals surface area contributed by atoms with Crippen molar-refractivity contribution in [2.24, 2.45) is 0 Å². The van der Waals surface area contributed by atoms with Crippen molar-refractivity contribution < 1.29 is 0 Å². The molecule has 5 rings (SSSR count). The van der Waals surface area contributed by atoms with Crippen LogP contribution >= 0.6 is 0 Å². The van der Waals surface area contributed by atoms with Crippen LogP contribution in [0.15, 0.2) is 101 Å². The van der Waals surface area contributed by atoms with Crippen molar-refractivity contribution in [3.05, 3.63) is 129 Å². The number of hydrogen-bond donors (Lipinski definition) is 0. The molecule has 0 aliphatic rings. The minimum Gasteiger partial charge on any atom is -0.320 e. The van der Waals surface area contributed by atoms with Crippen LogP contribution in [0.25, 0.3) is 16.9 Å². The van der Waals surface area contributed by atoms with Gasteiger partial charge >= 0.3 is 5.69 Å². The van der Waals surface area contributed by atoms with Gasteiger partial charge < -0.3 is 4.57 Å². The Bertz CT molecular complexity index is 1610. The first-order valence-electron chi connectivity index (χ1n) is 10.4. The summed E-state index contributed by atoms with van der Waals surface area (Å²) in [4.78, 5) is 31.5. The maximum Gasteiger partial charge on any atom is 0.337 e. The number of nitrogens with zero attached hydrogens (tertiary/aromatic N) is 5. The second-order valence-electron chi connectivity index (χ2n) is 7.69. The van der Waals surface area contributed by atoms with Crippen LogP contribution in [0.2, 0.25) is 0 Å². The highest BCUT2D eigenvalue weighted by molar-refractivity contribution is 5.72. The molecule has 0 radical (unpaired) electrons. The Kier molecular flexibility index (Phi) is 5.17. The summed E-state index contributed by atoms with van der Waals surface area (Å²) in [6.07, 6.45) is 1.57. The number of para-hydroxylation sites is 1. The summed E-state index contributed by atoms with van der Waals surface area (Å²) in [6, 6.07) is 27.9. The molecule has 0 atom stereocenters. The van der Waals surface area contributed by atoms with Crippen LogP contribution in [0.4, 0.5) is 0 Å². The van der Waals surface area contributed by atoms with E-state index in [1.807, 2.05) is 66.7 Å². The molecule has 0 amide bonds. The predicted molar refractivity (Wildman–Crippen MR) is 125 cm³/mol. The first-order chi connectivity index (χ1) is 16.2. The molecule has 0 aliphatic heterocycles. The van der Waals surface area contributed by atoms with Crippen molar-refractivity contribution >= 4 is 11.2 Å². The topological polar surface area (TPSA) is 85.6 Å². The van der Waals surface area contributed by atoms with Crippen LogP contribution in [0.1, 0.15) is 16.7 Å². The quantitative estimate of drug-likeness (QED) is 0.426. The second-order valence-corrected chi connectivity index (χ2v) is 7.69. The van der Waals surface area contributed by atoms with Crippen LogP contribution in [-0.2, 0) is 13.1 Å². The standard InChI is InChI=1S/C26H19N5O2/c27-15-20-10-7-11-21(14-20)16-29-18-28-24-23(29)25(32)30(17-19-8-3-1-4-9-19)26(33)31(24)22-12-5-2-6-13-22/h1-14,18H,16-17H2. The summed E-state index contributed by atoms with van der Waals surface area (Å²) in [5.41, 5.74) is 2.67. The lowest BCUT2D eigenvalue weighted by molar-refractivity contribution is 0.677. The molecular formula is C26H19N5O2. The normalized spacial score (nSPS) is 10.9. The van der Waals surface area contributed by atoms with Gasteiger partial charge in [0.1, 0.15) is 0 Å². The van der Waals surface area contributed by atoms with E-state index in [1.54, 1.807) is 29.1 Å². The Morgan fingerprint density at radius 2 is 1.52 bits per heavy atom. The average molecular weight is 433 g/mol. The van der Waals surface area contributed by atoms with Crippen LogP contribution in [0.3, 0.4) is 0 Å². The molecule has 0 saturated heterocycles. The van der Waals surface area contributed by atoms with E-state index in [0.29, 0.717) is 29.0 Å². The van der Waals surface area contributed by atoms with Crippen LogP contribution in [0.5, 0.6) is 0 Å². The first-order valence-corrected chi connectivity index (χ1v) is 10.4. The highest BCUT2D eigenvalue weighted by Crippen LogP contribution is 2.15. The third kappa shape index (κ3) is 3.75. The Hall–Kier alpha value is -4.70. The Morgan fingerprint density at radius 1 is 0.818 bits per heavy atom. The predicted octanol–water partition coefficient (Wildman–Crippen LogP) is 3.32. The van der Waals surface area contributed by atoms with E-state index in [9.17, 15) is 14.9 Å². The molecule has 0 fully saturated rings. The van der Waals surface area contributed by atoms with Crippen molar-refractivity contribution in [2.75, 3.05) is 0 Å². The summed E-state index contributed by atoms with van der Waals surface area (Å²) in [5, 5.41) is 9.21. The molecule has 0 saturated carbocycles. The average Bonchev–Trinajstić information content (AvgIpc) is 3.26. The summed E-state index contributed by atoms with van der Waals surface area (Å²) in [6.45, 7) is 0.496. The molecule has 5 aromatic rings. The van der Waals surface area contributed by atoms with Gasteiger partial charge in [-0.2, -0.15) is 5.26 Å². The SMILES string of the molecule is N#Cc1cccc(Cn2cnc3c2c(=O)n(Cc2ccccc2)c(=O)n3-c2ccccc2)c1. The Labute approximate surface area is 189 Å². The third-order valence-corrected chi connectivity index (χ3v) is 5.51. The van der Waals surface area contributed by atoms with Crippen molar-refractivity contribution in [1.82, 2.24) is 18.7 Å². The van der Waals surface area contributed by atoms with Crippen molar-refractivity contribution in [3.8, 4) is 11.8 Å². The van der Waals surface area contributed by atoms with Gasteiger partial charge in [-0.25, -0.2) is 14.3 Å². The lowest BCUT2D eigenvalue weighted by atomic mass is 10.1. The molecule has 3 aromatic carbocycles. The zero-order valence-electron chi connectivity index (χ0n) is 17.6. The molecule has 33 heavy (non-hydrogen) atoms. The third-order valence-electron chi connectivity index (χ3n) is 5.51. The summed E-state index contributed by atoms with van der Waals surface area (Å²) in [5.74, 6) is 0. The fourth-order valence-electron chi connectivity index (χ4n) is 3.95. The Balaban J connectivity index is 1.75. The molecule has 0 aliphatic carbocycles. The molecule has 7 heteroatoms. The number of imidazole rings is 1. The van der Waals surface area contributed by atoms with Gasteiger partial charge in [0.15, 0.2) is 11.2 Å². The van der Waals surface area contributed by atoms with E-state index >= 15 is 0 Å². The van der Waals surface area contributed by atoms with Gasteiger partial charge in [-0.3, -0.25) is 9.36 Å². The maximum atomic E-state index is 13.6. The lowest BCUT2D eigenvalue weighted by Crippen LogP contribution is -2.40. The van der Waals surface area contributed by atoms with Gasteiger partial charge in [-0.1, -0.05) is 60.7 Å². The fraction of sp³-hybridized carbons (Fsp3) is 0.0769. The lowest BCUT2D eigenvalue weighted by Gasteiger charge is -2.13. The monoisotopic (exact) mass is 433 g/mol. The van der Waals surface area contributed by atoms with E-state index in [-0.39, 0.29) is 6.54 Å². The minimum atomic E-state index is -0.445. The van der Waals surface area contributed by atoms with E-state index in [2.05, 4.69) is 11.1 Å². The zero-order chi connectivity index (χ0) is 22.8. The van der Waals surface area contributed by atoms with E-state index in [4.69, 9.17) is 0 Å². The zero-order valence-corrected chi connectivity index (χ0v) is 17.6. The van der Waals surface area contributed by atoms with E-state index in [1.165, 1.54) is 9.13 Å². The molecule has 160 valence electrons. The molecule has 0 N–H and O–H groups in total. The van der Waals surface area contributed by atoms with E-state index in [0.717, 1.165) is 11.1 Å². The van der Waals surface area contributed by atoms with Crippen molar-refractivity contribution in [3.63, 3.8) is 0 Å². The Morgan fingerprint density at radius 3 is 2.24 bits per heavy atom. The van der Waals surface area contributed by atoms with Crippen LogP contribution in [0, 0.1) is 11.3 Å². The largest absolute Gasteiger partial charge is 0.337 e. The molecule has 7 nitrogen and oxygen atoms in total. The number of nitriles is 1. The molecular weight excluding hydrogens is 414 g/mol. The van der Waals surface area contributed by atoms with E-state index < -0.39 is 11.2 Å². The van der Waals surface area contributed by atoms with Gasteiger partial charge in [-0.05, 0) is 35.4 Å². The van der Waals surface area contributed by atoms with Crippen molar-refractivity contribution in [1.29, 1.82) is 5.26 Å². The summed E-state index contributed by atoms with van der Waals surface area (Å²) < 4.78 is 4.45. The molecule has 2 heterocycles. The van der Waals surface area contributed by atoms with Gasteiger partial charge in [-0.15, -0.1) is 0 Å². The number of aromatic nitrogens is 4.